The molecule has 9 heteroatoms. The number of hydrogen-bond donors (Lipinski definition) is 0. The van der Waals surface area contributed by atoms with Gasteiger partial charge >= 0.3 is 18.2 Å². The fraction of sp³-hybridized carbons (Fsp3) is 0.562. The van der Waals surface area contributed by atoms with Crippen LogP contribution in [-0.2, 0) is 22.6 Å². The van der Waals surface area contributed by atoms with Gasteiger partial charge in [-0.25, -0.2) is 9.59 Å². The molecular weight excluding hydrogens is 531 g/mol. The van der Waals surface area contributed by atoms with Crippen LogP contribution in [0.25, 0.3) is 0 Å². The standard InChI is InChI=1S/C32H42F3N3O3/c1-25-13-15-28(16-14-25)24-37(31(40)38(29-11-6-3-7-12-29)41-30(39)32(33,34)35)20-8-19-36-21-17-27(18-22-36)23-26-9-4-2-5-10-26/h2,4-5,9-10,13-16,27,29H,3,6-8,11-12,17-24H2,1H3. The van der Waals surface area contributed by atoms with Crippen molar-refractivity contribution in [3.63, 3.8) is 0 Å². The molecule has 0 unspecified atom stereocenters. The van der Waals surface area contributed by atoms with Crippen molar-refractivity contribution in [2.45, 2.75) is 83.5 Å². The van der Waals surface area contributed by atoms with Crippen LogP contribution >= 0.6 is 0 Å². The first-order valence-corrected chi connectivity index (χ1v) is 14.9. The number of halogens is 3. The highest BCUT2D eigenvalue weighted by atomic mass is 19.4. The molecule has 2 fully saturated rings. The second-order valence-electron chi connectivity index (χ2n) is 11.5. The number of rotatable bonds is 9. The summed E-state index contributed by atoms with van der Waals surface area (Å²) in [6, 6.07) is 17.0. The average Bonchev–Trinajstić information content (AvgIpc) is 2.97. The number of nitrogens with zero attached hydrogens (tertiary/aromatic N) is 3. The van der Waals surface area contributed by atoms with Crippen molar-refractivity contribution in [1.29, 1.82) is 0 Å². The van der Waals surface area contributed by atoms with E-state index in [0.717, 1.165) is 74.3 Å². The van der Waals surface area contributed by atoms with Crippen molar-refractivity contribution in [3.8, 4) is 0 Å². The number of amides is 2. The molecule has 224 valence electrons. The van der Waals surface area contributed by atoms with Gasteiger partial charge in [0.1, 0.15) is 0 Å². The zero-order valence-electron chi connectivity index (χ0n) is 24.0. The highest BCUT2D eigenvalue weighted by Crippen LogP contribution is 2.27. The molecule has 2 aromatic rings. The number of hydrogen-bond acceptors (Lipinski definition) is 4. The first kappa shape index (κ1) is 30.9. The normalized spacial score (nSPS) is 17.3. The fourth-order valence-electron chi connectivity index (χ4n) is 5.87. The molecule has 6 nitrogen and oxygen atoms in total. The van der Waals surface area contributed by atoms with E-state index in [4.69, 9.17) is 4.84 Å². The van der Waals surface area contributed by atoms with Crippen LogP contribution in [0.2, 0.25) is 0 Å². The number of hydroxylamine groups is 2. The first-order chi connectivity index (χ1) is 19.7. The maximum atomic E-state index is 13.8. The third-order valence-corrected chi connectivity index (χ3v) is 8.25. The summed E-state index contributed by atoms with van der Waals surface area (Å²) in [6.07, 6.45) is 2.32. The van der Waals surface area contributed by atoms with Gasteiger partial charge in [-0.1, -0.05) is 79.4 Å². The number of likely N-dealkylation sites (tertiary alicyclic amines) is 1. The number of carbonyl (C=O) groups is 2. The van der Waals surface area contributed by atoms with E-state index >= 15 is 0 Å². The summed E-state index contributed by atoms with van der Waals surface area (Å²) in [7, 11) is 0. The Morgan fingerprint density at radius 3 is 2.20 bits per heavy atom. The van der Waals surface area contributed by atoms with Gasteiger partial charge in [0.05, 0.1) is 6.04 Å². The lowest BCUT2D eigenvalue weighted by Crippen LogP contribution is -2.51. The Kier molecular flexibility index (Phi) is 11.1. The molecule has 0 aromatic heterocycles. The average molecular weight is 574 g/mol. The Hall–Kier alpha value is -3.07. The van der Waals surface area contributed by atoms with Gasteiger partial charge in [-0.15, -0.1) is 5.06 Å². The van der Waals surface area contributed by atoms with Crippen LogP contribution in [0.15, 0.2) is 54.6 Å². The van der Waals surface area contributed by atoms with Crippen LogP contribution in [0.3, 0.4) is 0 Å². The van der Waals surface area contributed by atoms with Crippen LogP contribution < -0.4 is 0 Å². The molecule has 0 N–H and O–H groups in total. The summed E-state index contributed by atoms with van der Waals surface area (Å²) < 4.78 is 39.5. The van der Waals surface area contributed by atoms with Gasteiger partial charge in [-0.05, 0) is 82.1 Å². The van der Waals surface area contributed by atoms with Gasteiger partial charge in [0.15, 0.2) is 0 Å². The lowest BCUT2D eigenvalue weighted by Gasteiger charge is -2.36. The topological polar surface area (TPSA) is 53.1 Å². The molecule has 2 aromatic carbocycles. The van der Waals surface area contributed by atoms with Crippen LogP contribution in [0.5, 0.6) is 0 Å². The Morgan fingerprint density at radius 2 is 1.56 bits per heavy atom. The zero-order valence-corrected chi connectivity index (χ0v) is 24.0. The zero-order chi connectivity index (χ0) is 29.2. The summed E-state index contributed by atoms with van der Waals surface area (Å²) >= 11 is 0. The minimum absolute atomic E-state index is 0.227. The third-order valence-electron chi connectivity index (χ3n) is 8.25. The number of alkyl halides is 3. The van der Waals surface area contributed by atoms with Gasteiger partial charge in [0.25, 0.3) is 0 Å². The summed E-state index contributed by atoms with van der Waals surface area (Å²) in [4.78, 5) is 34.3. The van der Waals surface area contributed by atoms with Gasteiger partial charge in [-0.2, -0.15) is 13.2 Å². The summed E-state index contributed by atoms with van der Waals surface area (Å²) in [5.41, 5.74) is 3.31. The van der Waals surface area contributed by atoms with Crippen molar-refractivity contribution < 1.29 is 27.6 Å². The molecule has 1 saturated heterocycles. The number of aryl methyl sites for hydroxylation is 1. The number of urea groups is 1. The number of benzene rings is 2. The molecule has 1 heterocycles. The maximum Gasteiger partial charge on any atom is 0.493 e. The monoisotopic (exact) mass is 573 g/mol. The Bertz CT molecular complexity index is 1100. The minimum Gasteiger partial charge on any atom is -0.328 e. The Labute approximate surface area is 241 Å². The van der Waals surface area contributed by atoms with E-state index in [9.17, 15) is 22.8 Å². The molecule has 2 aliphatic rings. The third kappa shape index (κ3) is 9.48. The van der Waals surface area contributed by atoms with Crippen LogP contribution in [-0.4, -0.2) is 65.3 Å². The van der Waals surface area contributed by atoms with E-state index < -0.39 is 24.2 Å². The van der Waals surface area contributed by atoms with Crippen molar-refractivity contribution in [1.82, 2.24) is 14.9 Å². The Balaban J connectivity index is 1.39. The lowest BCUT2D eigenvalue weighted by molar-refractivity contribution is -0.236. The predicted octanol–water partition coefficient (Wildman–Crippen LogP) is 6.92. The second-order valence-corrected chi connectivity index (χ2v) is 11.5. The highest BCUT2D eigenvalue weighted by molar-refractivity contribution is 5.79. The second kappa shape index (κ2) is 14.7. The van der Waals surface area contributed by atoms with Crippen molar-refractivity contribution in [3.05, 3.63) is 71.3 Å². The molecule has 2 amide bonds. The molecule has 0 atom stereocenters. The molecule has 4 rings (SSSR count). The summed E-state index contributed by atoms with van der Waals surface area (Å²) in [6.45, 7) is 5.31. The van der Waals surface area contributed by atoms with Gasteiger partial charge in [0, 0.05) is 13.1 Å². The molecule has 41 heavy (non-hydrogen) atoms. The van der Waals surface area contributed by atoms with E-state index in [0.29, 0.717) is 31.7 Å². The van der Waals surface area contributed by atoms with Crippen LogP contribution in [0.1, 0.15) is 68.1 Å². The van der Waals surface area contributed by atoms with E-state index in [2.05, 4.69) is 29.2 Å². The van der Waals surface area contributed by atoms with E-state index in [1.807, 2.05) is 37.3 Å². The SMILES string of the molecule is Cc1ccc(CN(CCCN2CCC(Cc3ccccc3)CC2)C(=O)N(OC(=O)C(F)(F)F)C2CCCCC2)cc1. The molecule has 0 spiro atoms. The quantitative estimate of drug-likeness (QED) is 0.306. The summed E-state index contributed by atoms with van der Waals surface area (Å²) in [5.74, 6) is -1.70. The largest absolute Gasteiger partial charge is 0.493 e. The lowest BCUT2D eigenvalue weighted by atomic mass is 9.90. The van der Waals surface area contributed by atoms with Gasteiger partial charge in [0.2, 0.25) is 0 Å². The molecule has 1 aliphatic heterocycles. The van der Waals surface area contributed by atoms with E-state index in [-0.39, 0.29) is 6.54 Å². The Morgan fingerprint density at radius 1 is 0.902 bits per heavy atom. The van der Waals surface area contributed by atoms with E-state index in [1.165, 1.54) is 10.5 Å². The first-order valence-electron chi connectivity index (χ1n) is 14.9. The van der Waals surface area contributed by atoms with Crippen molar-refractivity contribution in [2.75, 3.05) is 26.2 Å². The predicted molar refractivity (Wildman–Crippen MR) is 152 cm³/mol. The van der Waals surface area contributed by atoms with Crippen LogP contribution in [0, 0.1) is 12.8 Å². The molecular formula is C32H42F3N3O3. The minimum atomic E-state index is -5.18. The van der Waals surface area contributed by atoms with Gasteiger partial charge in [-0.3, -0.25) is 0 Å². The van der Waals surface area contributed by atoms with Crippen molar-refractivity contribution in [2.24, 2.45) is 5.92 Å². The highest BCUT2D eigenvalue weighted by Gasteiger charge is 2.45. The van der Waals surface area contributed by atoms with Crippen LogP contribution in [0.4, 0.5) is 18.0 Å². The van der Waals surface area contributed by atoms with E-state index in [1.54, 1.807) is 0 Å². The molecule has 0 bridgehead atoms. The molecule has 1 saturated carbocycles. The smallest absolute Gasteiger partial charge is 0.328 e. The number of carbonyl (C=O) groups excluding carboxylic acids is 2. The maximum absolute atomic E-state index is 13.8. The van der Waals surface area contributed by atoms with Gasteiger partial charge < -0.3 is 14.6 Å². The number of piperidine rings is 1. The fourth-order valence-corrected chi connectivity index (χ4v) is 5.87. The molecule has 1 aliphatic carbocycles. The summed E-state index contributed by atoms with van der Waals surface area (Å²) in [5, 5.41) is 0.720. The molecule has 0 radical (unpaired) electrons. The van der Waals surface area contributed by atoms with Crippen molar-refractivity contribution >= 4 is 12.0 Å².